The summed E-state index contributed by atoms with van der Waals surface area (Å²) >= 11 is 6.00. The van der Waals surface area contributed by atoms with Gasteiger partial charge >= 0.3 is 6.18 Å². The van der Waals surface area contributed by atoms with Gasteiger partial charge in [-0.2, -0.15) is 13.2 Å². The van der Waals surface area contributed by atoms with Crippen LogP contribution in [0.15, 0.2) is 23.4 Å². The number of anilines is 1. The molecule has 2 N–H and O–H groups in total. The lowest BCUT2D eigenvalue weighted by atomic mass is 9.64. The number of nitrogens with zero attached hydrogens (tertiary/aromatic N) is 1. The molecule has 0 aliphatic heterocycles. The Kier molecular flexibility index (Phi) is 4.11. The van der Waals surface area contributed by atoms with Crippen LogP contribution in [-0.4, -0.2) is 16.8 Å². The summed E-state index contributed by atoms with van der Waals surface area (Å²) in [6.07, 6.45) is -3.02. The zero-order valence-electron chi connectivity index (χ0n) is 14.7. The minimum absolute atomic E-state index is 0.0374. The van der Waals surface area contributed by atoms with Crippen molar-refractivity contribution in [2.45, 2.75) is 46.2 Å². The van der Waals surface area contributed by atoms with Gasteiger partial charge in [0.05, 0.1) is 27.4 Å². The Balaban J connectivity index is 1.97. The van der Waals surface area contributed by atoms with Crippen LogP contribution in [0.4, 0.5) is 18.9 Å². The zero-order valence-corrected chi connectivity index (χ0v) is 15.4. The highest BCUT2D eigenvalue weighted by Gasteiger charge is 2.71. The van der Waals surface area contributed by atoms with Gasteiger partial charge in [-0.1, -0.05) is 37.5 Å². The van der Waals surface area contributed by atoms with Crippen molar-refractivity contribution >= 4 is 28.9 Å². The van der Waals surface area contributed by atoms with Crippen LogP contribution in [0, 0.1) is 16.2 Å². The summed E-state index contributed by atoms with van der Waals surface area (Å²) < 4.78 is 38.9. The van der Waals surface area contributed by atoms with Gasteiger partial charge in [0.25, 0.3) is 0 Å². The summed E-state index contributed by atoms with van der Waals surface area (Å²) in [7, 11) is 0. The molecule has 26 heavy (non-hydrogen) atoms. The SMILES string of the molecule is CC12CCC(C(=O)Nc3cc(C(F)(F)F)ccc3Cl)(C/C1=N\O)C2(C)C. The zero-order chi connectivity index (χ0) is 19.5. The van der Waals surface area contributed by atoms with Gasteiger partial charge < -0.3 is 10.5 Å². The van der Waals surface area contributed by atoms with Gasteiger partial charge in [0, 0.05) is 11.8 Å². The molecule has 2 bridgehead atoms. The van der Waals surface area contributed by atoms with Crippen LogP contribution >= 0.6 is 11.6 Å². The maximum absolute atomic E-state index is 13.1. The van der Waals surface area contributed by atoms with Gasteiger partial charge in [0.2, 0.25) is 5.91 Å². The molecule has 0 radical (unpaired) electrons. The van der Waals surface area contributed by atoms with Crippen LogP contribution in [0.3, 0.4) is 0 Å². The molecule has 1 amide bonds. The van der Waals surface area contributed by atoms with E-state index in [1.807, 2.05) is 20.8 Å². The van der Waals surface area contributed by atoms with E-state index in [4.69, 9.17) is 11.6 Å². The third-order valence-electron chi connectivity index (χ3n) is 6.83. The summed E-state index contributed by atoms with van der Waals surface area (Å²) in [6, 6.07) is 2.84. The molecule has 3 rings (SSSR count). The molecule has 8 heteroatoms. The van der Waals surface area contributed by atoms with E-state index in [-0.39, 0.29) is 17.1 Å². The fraction of sp³-hybridized carbons (Fsp3) is 0.556. The van der Waals surface area contributed by atoms with Crippen molar-refractivity contribution < 1.29 is 23.2 Å². The van der Waals surface area contributed by atoms with E-state index in [0.717, 1.165) is 18.2 Å². The monoisotopic (exact) mass is 388 g/mol. The van der Waals surface area contributed by atoms with Gasteiger partial charge in [-0.15, -0.1) is 0 Å². The molecule has 2 aliphatic rings. The first-order valence-electron chi connectivity index (χ1n) is 8.29. The van der Waals surface area contributed by atoms with Gasteiger partial charge in [-0.3, -0.25) is 4.79 Å². The Labute approximate surface area is 154 Å². The molecule has 0 spiro atoms. The lowest BCUT2D eigenvalue weighted by Crippen LogP contribution is -2.43. The first-order valence-corrected chi connectivity index (χ1v) is 8.66. The average Bonchev–Trinajstić information content (AvgIpc) is 2.85. The standard InChI is InChI=1S/C18H20ClF3N2O2/c1-15(2)16(3)6-7-17(15,9-13(16)24-26)14(25)23-12-8-10(18(20,21)22)4-5-11(12)19/h4-5,8,26H,6-7,9H2,1-3H3,(H,23,25)/b24-13+. The van der Waals surface area contributed by atoms with Crippen molar-refractivity contribution in [3.63, 3.8) is 0 Å². The summed E-state index contributed by atoms with van der Waals surface area (Å²) in [5, 5.41) is 15.4. The molecule has 2 saturated carbocycles. The maximum Gasteiger partial charge on any atom is 0.416 e. The number of benzene rings is 1. The molecule has 0 heterocycles. The van der Waals surface area contributed by atoms with E-state index < -0.39 is 33.9 Å². The van der Waals surface area contributed by atoms with E-state index in [9.17, 15) is 23.2 Å². The second-order valence-electron chi connectivity index (χ2n) is 7.91. The molecule has 142 valence electrons. The number of amides is 1. The number of hydrogen-bond donors (Lipinski definition) is 2. The molecule has 2 atom stereocenters. The fourth-order valence-electron chi connectivity index (χ4n) is 4.57. The van der Waals surface area contributed by atoms with Crippen molar-refractivity contribution in [1.29, 1.82) is 0 Å². The van der Waals surface area contributed by atoms with Gasteiger partial charge in [-0.25, -0.2) is 0 Å². The van der Waals surface area contributed by atoms with Gasteiger partial charge in [0.1, 0.15) is 0 Å². The minimum Gasteiger partial charge on any atom is -0.411 e. The van der Waals surface area contributed by atoms with E-state index in [0.29, 0.717) is 18.6 Å². The van der Waals surface area contributed by atoms with E-state index in [1.54, 1.807) is 0 Å². The third kappa shape index (κ3) is 2.36. The number of carbonyl (C=O) groups is 1. The molecule has 4 nitrogen and oxygen atoms in total. The highest BCUT2D eigenvalue weighted by atomic mass is 35.5. The van der Waals surface area contributed by atoms with Gasteiger partial charge in [-0.05, 0) is 36.5 Å². The summed E-state index contributed by atoms with van der Waals surface area (Å²) in [5.74, 6) is -0.397. The number of alkyl halides is 3. The van der Waals surface area contributed by atoms with Crippen molar-refractivity contribution in [1.82, 2.24) is 0 Å². The number of fused-ring (bicyclic) bond motifs is 2. The first-order chi connectivity index (χ1) is 11.9. The van der Waals surface area contributed by atoms with Crippen molar-refractivity contribution in [2.24, 2.45) is 21.4 Å². The molecule has 0 aromatic heterocycles. The summed E-state index contributed by atoms with van der Waals surface area (Å²) in [4.78, 5) is 13.1. The Morgan fingerprint density at radius 2 is 1.92 bits per heavy atom. The quantitative estimate of drug-likeness (QED) is 0.530. The average molecular weight is 389 g/mol. The normalized spacial score (nSPS) is 31.4. The number of halogens is 4. The Morgan fingerprint density at radius 1 is 1.27 bits per heavy atom. The molecule has 2 unspecified atom stereocenters. The predicted molar refractivity (Wildman–Crippen MR) is 92.5 cm³/mol. The van der Waals surface area contributed by atoms with Crippen LogP contribution in [-0.2, 0) is 11.0 Å². The van der Waals surface area contributed by atoms with Crippen LogP contribution < -0.4 is 5.32 Å². The number of rotatable bonds is 2. The lowest BCUT2D eigenvalue weighted by molar-refractivity contribution is -0.137. The third-order valence-corrected chi connectivity index (χ3v) is 7.16. The number of hydrogen-bond acceptors (Lipinski definition) is 3. The van der Waals surface area contributed by atoms with Crippen LogP contribution in [0.2, 0.25) is 5.02 Å². The van der Waals surface area contributed by atoms with Gasteiger partial charge in [0.15, 0.2) is 0 Å². The van der Waals surface area contributed by atoms with Crippen molar-refractivity contribution in [2.75, 3.05) is 5.32 Å². The molecule has 1 aromatic rings. The molecule has 2 aliphatic carbocycles. The second-order valence-corrected chi connectivity index (χ2v) is 8.32. The number of carbonyl (C=O) groups excluding carboxylic acids is 1. The van der Waals surface area contributed by atoms with Crippen molar-refractivity contribution in [3.8, 4) is 0 Å². The molecular weight excluding hydrogens is 369 g/mol. The Morgan fingerprint density at radius 3 is 2.46 bits per heavy atom. The number of nitrogens with one attached hydrogen (secondary N) is 1. The number of oxime groups is 1. The second kappa shape index (κ2) is 5.62. The predicted octanol–water partition coefficient (Wildman–Crippen LogP) is 5.34. The smallest absolute Gasteiger partial charge is 0.411 e. The van der Waals surface area contributed by atoms with Crippen molar-refractivity contribution in [3.05, 3.63) is 28.8 Å². The highest BCUT2D eigenvalue weighted by Crippen LogP contribution is 2.71. The highest BCUT2D eigenvalue weighted by molar-refractivity contribution is 6.33. The van der Waals surface area contributed by atoms with E-state index in [1.165, 1.54) is 0 Å². The van der Waals surface area contributed by atoms with E-state index in [2.05, 4.69) is 10.5 Å². The fourth-order valence-corrected chi connectivity index (χ4v) is 4.74. The van der Waals surface area contributed by atoms with Crippen LogP contribution in [0.1, 0.15) is 45.6 Å². The maximum atomic E-state index is 13.1. The topological polar surface area (TPSA) is 61.7 Å². The first kappa shape index (κ1) is 19.0. The Hall–Kier alpha value is -1.76. The Bertz CT molecular complexity index is 806. The molecular formula is C18H20ClF3N2O2. The largest absolute Gasteiger partial charge is 0.416 e. The molecule has 2 fully saturated rings. The molecule has 0 saturated heterocycles. The van der Waals surface area contributed by atoms with Crippen LogP contribution in [0.25, 0.3) is 0 Å². The minimum atomic E-state index is -4.53. The molecule has 1 aromatic carbocycles. The summed E-state index contributed by atoms with van der Waals surface area (Å²) in [5.41, 5.74) is -2.20. The summed E-state index contributed by atoms with van der Waals surface area (Å²) in [6.45, 7) is 5.83. The van der Waals surface area contributed by atoms with E-state index >= 15 is 0 Å². The van der Waals surface area contributed by atoms with Crippen LogP contribution in [0.5, 0.6) is 0 Å². The lowest BCUT2D eigenvalue weighted by Gasteiger charge is -2.39.